The molecule has 146 valence electrons. The van der Waals surface area contributed by atoms with Crippen LogP contribution in [0.4, 0.5) is 22.7 Å². The minimum Gasteiger partial charge on any atom is -0.497 e. The highest BCUT2D eigenvalue weighted by Gasteiger charge is 2.15. The maximum Gasteiger partial charge on any atom is 0.119 e. The Morgan fingerprint density at radius 2 is 0.964 bits per heavy atom. The van der Waals surface area contributed by atoms with Crippen molar-refractivity contribution in [3.05, 3.63) is 71.8 Å². The summed E-state index contributed by atoms with van der Waals surface area (Å²) >= 11 is 0. The third kappa shape index (κ3) is 3.88. The lowest BCUT2D eigenvalue weighted by molar-refractivity contribution is 0.414. The van der Waals surface area contributed by atoms with Crippen LogP contribution in [0.5, 0.6) is 11.5 Å². The number of anilines is 4. The largest absolute Gasteiger partial charge is 0.497 e. The summed E-state index contributed by atoms with van der Waals surface area (Å²) in [6, 6.07) is 19.3. The molecule has 4 N–H and O–H groups in total. The van der Waals surface area contributed by atoms with E-state index in [1.165, 1.54) is 0 Å². The predicted octanol–water partition coefficient (Wildman–Crippen LogP) is 4.34. The zero-order valence-electron chi connectivity index (χ0n) is 16.6. The summed E-state index contributed by atoms with van der Waals surface area (Å²) in [7, 11) is 3.28. The molecule has 0 spiro atoms. The van der Waals surface area contributed by atoms with Crippen LogP contribution in [-0.4, -0.2) is 14.2 Å². The van der Waals surface area contributed by atoms with Crippen LogP contribution in [0, 0.1) is 13.8 Å². The van der Waals surface area contributed by atoms with Crippen LogP contribution in [0.1, 0.15) is 11.1 Å². The summed E-state index contributed by atoms with van der Waals surface area (Å²) in [6.45, 7) is 4.06. The maximum atomic E-state index is 6.42. The van der Waals surface area contributed by atoms with Gasteiger partial charge in [-0.1, -0.05) is 6.07 Å². The Bertz CT molecular complexity index is 865. The molecular formula is C22H26N4O2. The molecule has 0 saturated heterocycles. The van der Waals surface area contributed by atoms with E-state index in [2.05, 4.69) is 6.07 Å². The summed E-state index contributed by atoms with van der Waals surface area (Å²) in [5, 5.41) is 3.30. The second-order valence-corrected chi connectivity index (χ2v) is 6.56. The number of nitrogens with two attached hydrogens (primary N) is 2. The highest BCUT2D eigenvalue weighted by Crippen LogP contribution is 2.34. The Labute approximate surface area is 165 Å². The smallest absolute Gasteiger partial charge is 0.119 e. The van der Waals surface area contributed by atoms with Gasteiger partial charge in [0.1, 0.15) is 11.5 Å². The Morgan fingerprint density at radius 3 is 1.29 bits per heavy atom. The van der Waals surface area contributed by atoms with Crippen molar-refractivity contribution in [3.63, 3.8) is 0 Å². The molecule has 0 heterocycles. The zero-order chi connectivity index (χ0) is 20.3. The number of aryl methyl sites for hydroxylation is 2. The van der Waals surface area contributed by atoms with Gasteiger partial charge in [0.25, 0.3) is 0 Å². The Balaban J connectivity index is 1.96. The summed E-state index contributed by atoms with van der Waals surface area (Å²) in [6.07, 6.45) is 0. The van der Waals surface area contributed by atoms with Gasteiger partial charge in [-0.15, -0.1) is 0 Å². The second-order valence-electron chi connectivity index (χ2n) is 6.56. The fourth-order valence-electron chi connectivity index (χ4n) is 3.11. The van der Waals surface area contributed by atoms with E-state index in [-0.39, 0.29) is 0 Å². The molecule has 0 saturated carbocycles. The van der Waals surface area contributed by atoms with Gasteiger partial charge in [0.2, 0.25) is 0 Å². The number of methoxy groups -OCH3 is 2. The fourth-order valence-corrected chi connectivity index (χ4v) is 3.11. The van der Waals surface area contributed by atoms with Crippen LogP contribution in [0.25, 0.3) is 0 Å². The Hall–Kier alpha value is -3.22. The maximum absolute atomic E-state index is 6.42. The molecule has 6 heteroatoms. The molecule has 3 aromatic carbocycles. The van der Waals surface area contributed by atoms with Crippen LogP contribution < -0.4 is 31.2 Å². The number of ether oxygens (including phenoxy) is 2. The summed E-state index contributed by atoms with van der Waals surface area (Å²) < 4.78 is 10.4. The van der Waals surface area contributed by atoms with E-state index in [0.717, 1.165) is 45.4 Å². The molecule has 0 bridgehead atoms. The lowest BCUT2D eigenvalue weighted by Crippen LogP contribution is -2.28. The first-order chi connectivity index (χ1) is 13.4. The first-order valence-electron chi connectivity index (χ1n) is 8.93. The number of hydrogen-bond donors (Lipinski definition) is 2. The van der Waals surface area contributed by atoms with E-state index in [0.29, 0.717) is 0 Å². The van der Waals surface area contributed by atoms with Crippen LogP contribution in [-0.2, 0) is 0 Å². The molecule has 0 aliphatic heterocycles. The molecule has 28 heavy (non-hydrogen) atoms. The minimum atomic E-state index is 0.783. The van der Waals surface area contributed by atoms with Crippen LogP contribution in [0.2, 0.25) is 0 Å². The van der Waals surface area contributed by atoms with Crippen molar-refractivity contribution in [2.45, 2.75) is 13.8 Å². The summed E-state index contributed by atoms with van der Waals surface area (Å²) in [4.78, 5) is 0. The van der Waals surface area contributed by atoms with Crippen molar-refractivity contribution < 1.29 is 9.47 Å². The van der Waals surface area contributed by atoms with E-state index < -0.39 is 0 Å². The predicted molar refractivity (Wildman–Crippen MR) is 115 cm³/mol. The third-order valence-electron chi connectivity index (χ3n) is 4.73. The molecule has 0 radical (unpaired) electrons. The average molecular weight is 378 g/mol. The number of rotatable bonds is 6. The summed E-state index contributed by atoms with van der Waals surface area (Å²) in [5.41, 5.74) is 5.56. The third-order valence-corrected chi connectivity index (χ3v) is 4.73. The second kappa shape index (κ2) is 8.21. The van der Waals surface area contributed by atoms with Crippen molar-refractivity contribution in [2.24, 2.45) is 11.7 Å². The molecule has 6 nitrogen and oxygen atoms in total. The number of benzene rings is 3. The van der Waals surface area contributed by atoms with Gasteiger partial charge in [0, 0.05) is 0 Å². The molecule has 3 rings (SSSR count). The van der Waals surface area contributed by atoms with E-state index in [9.17, 15) is 0 Å². The van der Waals surface area contributed by atoms with Gasteiger partial charge in [-0.25, -0.2) is 11.7 Å². The first kappa shape index (κ1) is 19.5. The van der Waals surface area contributed by atoms with Gasteiger partial charge >= 0.3 is 0 Å². The topological polar surface area (TPSA) is 77.0 Å². The van der Waals surface area contributed by atoms with Gasteiger partial charge in [-0.05, 0) is 79.6 Å². The van der Waals surface area contributed by atoms with Gasteiger partial charge in [-0.3, -0.25) is 10.0 Å². The van der Waals surface area contributed by atoms with E-state index in [1.54, 1.807) is 24.2 Å². The molecular weight excluding hydrogens is 352 g/mol. The molecule has 3 aromatic rings. The molecule has 0 unspecified atom stereocenters. The van der Waals surface area contributed by atoms with Gasteiger partial charge in [0.15, 0.2) is 0 Å². The number of hydrogen-bond acceptors (Lipinski definition) is 6. The summed E-state index contributed by atoms with van der Waals surface area (Å²) in [5.74, 6) is 14.4. The first-order valence-corrected chi connectivity index (χ1v) is 8.93. The van der Waals surface area contributed by atoms with Gasteiger partial charge in [0.05, 0.1) is 37.0 Å². The normalized spacial score (nSPS) is 10.5. The van der Waals surface area contributed by atoms with E-state index in [4.69, 9.17) is 21.2 Å². The van der Waals surface area contributed by atoms with Crippen molar-refractivity contribution in [2.75, 3.05) is 24.2 Å². The number of nitrogens with zero attached hydrogens (tertiary/aromatic N) is 2. The molecule has 0 aliphatic rings. The lowest BCUT2D eigenvalue weighted by atomic mass is 10.1. The van der Waals surface area contributed by atoms with Crippen molar-refractivity contribution in [3.8, 4) is 11.5 Å². The van der Waals surface area contributed by atoms with E-state index in [1.807, 2.05) is 68.4 Å². The standard InChI is InChI=1S/C22H26N4O2/c1-15-13-16(2)22(26(24)18-7-11-20(28-4)12-8-18)14-21(15)25(23)17-5-9-19(27-3)10-6-17/h5-14H,23-24H2,1-4H3. The van der Waals surface area contributed by atoms with E-state index >= 15 is 0 Å². The monoisotopic (exact) mass is 378 g/mol. The van der Waals surface area contributed by atoms with Gasteiger partial charge in [-0.2, -0.15) is 0 Å². The van der Waals surface area contributed by atoms with Crippen LogP contribution in [0.3, 0.4) is 0 Å². The SMILES string of the molecule is COc1ccc(N(N)c2cc(N(N)c3ccc(OC)cc3)c(C)cc2C)cc1. The molecule has 0 aliphatic carbocycles. The lowest BCUT2D eigenvalue weighted by Gasteiger charge is -2.26. The minimum absolute atomic E-state index is 0.783. The highest BCUT2D eigenvalue weighted by molar-refractivity contribution is 5.75. The van der Waals surface area contributed by atoms with Crippen LogP contribution >= 0.6 is 0 Å². The number of hydrazine groups is 2. The quantitative estimate of drug-likeness (QED) is 0.491. The molecule has 0 fully saturated rings. The van der Waals surface area contributed by atoms with Gasteiger partial charge < -0.3 is 9.47 Å². The Kier molecular flexibility index (Phi) is 5.73. The Morgan fingerprint density at radius 1 is 0.607 bits per heavy atom. The molecule has 0 aromatic heterocycles. The molecule has 0 amide bonds. The molecule has 0 atom stereocenters. The average Bonchev–Trinajstić information content (AvgIpc) is 2.73. The zero-order valence-corrected chi connectivity index (χ0v) is 16.6. The highest BCUT2D eigenvalue weighted by atomic mass is 16.5. The van der Waals surface area contributed by atoms with Crippen LogP contribution in [0.15, 0.2) is 60.7 Å². The van der Waals surface area contributed by atoms with Crippen molar-refractivity contribution in [1.29, 1.82) is 0 Å². The fraction of sp³-hybridized carbons (Fsp3) is 0.182. The van der Waals surface area contributed by atoms with Crippen molar-refractivity contribution >= 4 is 22.7 Å². The van der Waals surface area contributed by atoms with Crippen molar-refractivity contribution in [1.82, 2.24) is 0 Å².